The summed E-state index contributed by atoms with van der Waals surface area (Å²) < 4.78 is 15.8. The molecule has 1 aromatic carbocycles. The molecule has 0 saturated carbocycles. The summed E-state index contributed by atoms with van der Waals surface area (Å²) >= 11 is 0. The van der Waals surface area contributed by atoms with Crippen molar-refractivity contribution in [1.82, 2.24) is 5.32 Å². The van der Waals surface area contributed by atoms with E-state index in [0.717, 1.165) is 11.3 Å². The second kappa shape index (κ2) is 9.59. The van der Waals surface area contributed by atoms with Crippen molar-refractivity contribution in [3.05, 3.63) is 52.4 Å². The summed E-state index contributed by atoms with van der Waals surface area (Å²) in [5.41, 5.74) is 2.93. The molecule has 1 aliphatic carbocycles. The summed E-state index contributed by atoms with van der Waals surface area (Å²) in [6.45, 7) is 7.44. The van der Waals surface area contributed by atoms with Crippen LogP contribution in [0, 0.1) is 11.8 Å². The molecule has 1 N–H and O–H groups in total. The number of rotatable bonds is 6. The van der Waals surface area contributed by atoms with Gasteiger partial charge in [0.25, 0.3) is 0 Å². The molecule has 1 aromatic rings. The van der Waals surface area contributed by atoms with Gasteiger partial charge < -0.3 is 19.5 Å². The van der Waals surface area contributed by atoms with E-state index < -0.39 is 23.8 Å². The van der Waals surface area contributed by atoms with Crippen LogP contribution >= 0.6 is 0 Å². The molecule has 3 rings (SSSR count). The maximum absolute atomic E-state index is 13.6. The van der Waals surface area contributed by atoms with Gasteiger partial charge >= 0.3 is 11.9 Å². The normalized spacial score (nSPS) is 23.8. The summed E-state index contributed by atoms with van der Waals surface area (Å²) in [4.78, 5) is 39.3. The lowest BCUT2D eigenvalue weighted by molar-refractivity contribution is -0.151. The number of hydrogen-bond donors (Lipinski definition) is 1. The number of hydrogen-bond acceptors (Lipinski definition) is 7. The van der Waals surface area contributed by atoms with Gasteiger partial charge in [-0.1, -0.05) is 26.0 Å². The van der Waals surface area contributed by atoms with Crippen molar-refractivity contribution in [2.45, 2.75) is 52.6 Å². The van der Waals surface area contributed by atoms with Gasteiger partial charge in [-0.25, -0.2) is 4.79 Å². The van der Waals surface area contributed by atoms with Crippen LogP contribution in [0.1, 0.15) is 52.0 Å². The van der Waals surface area contributed by atoms with E-state index in [-0.39, 0.29) is 17.8 Å². The van der Waals surface area contributed by atoms with Gasteiger partial charge in [-0.05, 0) is 50.3 Å². The molecule has 1 aliphatic heterocycles. The molecule has 7 nitrogen and oxygen atoms in total. The molecular formula is C25H31NO6. The van der Waals surface area contributed by atoms with Crippen LogP contribution in [0.5, 0.6) is 5.75 Å². The van der Waals surface area contributed by atoms with Gasteiger partial charge in [0, 0.05) is 22.9 Å². The molecule has 0 aromatic heterocycles. The van der Waals surface area contributed by atoms with Crippen LogP contribution in [-0.4, -0.2) is 38.0 Å². The first-order chi connectivity index (χ1) is 15.2. The number of carbonyl (C=O) groups excluding carboxylic acids is 3. The number of Topliss-reactive ketones (excluding diaryl/α,β-unsaturated/α-hetero) is 1. The standard InChI is InChI=1S/C25H31NO6/c1-7-14(3)32-25(29)20-15(4)26-18-12-13(2)19(24(28)31-6)23(27)22(18)21(20)16-8-10-17(30-5)11-9-16/h8-11,13-14,19,21,26H,7,12H2,1-6H3/t13-,14-,19-,21+/m1/s1. The summed E-state index contributed by atoms with van der Waals surface area (Å²) in [5.74, 6) is -2.47. The lowest BCUT2D eigenvalue weighted by Gasteiger charge is -2.38. The third-order valence-electron chi connectivity index (χ3n) is 6.30. The minimum Gasteiger partial charge on any atom is -0.497 e. The Kier molecular flexibility index (Phi) is 7.06. The predicted octanol–water partition coefficient (Wildman–Crippen LogP) is 3.65. The zero-order chi connectivity index (χ0) is 23.6. The minimum absolute atomic E-state index is 0.223. The fourth-order valence-corrected chi connectivity index (χ4v) is 4.41. The predicted molar refractivity (Wildman–Crippen MR) is 119 cm³/mol. The first-order valence-electron chi connectivity index (χ1n) is 10.9. The van der Waals surface area contributed by atoms with Crippen molar-refractivity contribution in [3.8, 4) is 5.75 Å². The van der Waals surface area contributed by atoms with E-state index in [1.54, 1.807) is 19.2 Å². The zero-order valence-corrected chi connectivity index (χ0v) is 19.5. The maximum Gasteiger partial charge on any atom is 0.337 e. The number of ether oxygens (including phenoxy) is 3. The van der Waals surface area contributed by atoms with Gasteiger partial charge in [-0.2, -0.15) is 0 Å². The average molecular weight is 442 g/mol. The van der Waals surface area contributed by atoms with Gasteiger partial charge in [0.2, 0.25) is 0 Å². The third-order valence-corrected chi connectivity index (χ3v) is 6.30. The Labute approximate surface area is 188 Å². The van der Waals surface area contributed by atoms with E-state index in [2.05, 4.69) is 5.32 Å². The van der Waals surface area contributed by atoms with Gasteiger partial charge in [-0.15, -0.1) is 0 Å². The monoisotopic (exact) mass is 441 g/mol. The lowest BCUT2D eigenvalue weighted by atomic mass is 9.69. The highest BCUT2D eigenvalue weighted by molar-refractivity contribution is 6.12. The second-order valence-corrected chi connectivity index (χ2v) is 8.43. The van der Waals surface area contributed by atoms with Crippen LogP contribution in [0.25, 0.3) is 0 Å². The lowest BCUT2D eigenvalue weighted by Crippen LogP contribution is -2.43. The summed E-state index contributed by atoms with van der Waals surface area (Å²) in [5, 5.41) is 3.26. The Hall–Kier alpha value is -3.09. The molecule has 7 heteroatoms. The Morgan fingerprint density at radius 2 is 1.84 bits per heavy atom. The summed E-state index contributed by atoms with van der Waals surface area (Å²) in [6, 6.07) is 7.25. The van der Waals surface area contributed by atoms with Crippen molar-refractivity contribution >= 4 is 17.7 Å². The van der Waals surface area contributed by atoms with Crippen molar-refractivity contribution in [3.63, 3.8) is 0 Å². The minimum atomic E-state index is -0.911. The van der Waals surface area contributed by atoms with E-state index in [0.29, 0.717) is 35.4 Å². The maximum atomic E-state index is 13.6. The molecular weight excluding hydrogens is 410 g/mol. The SMILES string of the molecule is CC[C@@H](C)OC(=O)C1=C(C)NC2=C(C(=O)[C@H](C(=O)OC)[C@H](C)C2)[C@H]1c1ccc(OC)cc1. The van der Waals surface area contributed by atoms with E-state index in [9.17, 15) is 14.4 Å². The molecule has 172 valence electrons. The molecule has 4 atom stereocenters. The zero-order valence-electron chi connectivity index (χ0n) is 19.5. The molecule has 0 fully saturated rings. The van der Waals surface area contributed by atoms with Gasteiger partial charge in [0.15, 0.2) is 5.78 Å². The first-order valence-corrected chi connectivity index (χ1v) is 10.9. The Morgan fingerprint density at radius 3 is 2.41 bits per heavy atom. The number of dihydropyridines is 1. The average Bonchev–Trinajstić information content (AvgIpc) is 2.77. The van der Waals surface area contributed by atoms with Crippen molar-refractivity contribution in [2.75, 3.05) is 14.2 Å². The van der Waals surface area contributed by atoms with E-state index in [1.807, 2.05) is 39.8 Å². The van der Waals surface area contributed by atoms with Gasteiger partial charge in [0.05, 0.1) is 25.9 Å². The van der Waals surface area contributed by atoms with Crippen LogP contribution in [-0.2, 0) is 23.9 Å². The number of ketones is 1. The number of allylic oxidation sites excluding steroid dienone is 3. The smallest absolute Gasteiger partial charge is 0.337 e. The Balaban J connectivity index is 2.15. The molecule has 0 amide bonds. The highest BCUT2D eigenvalue weighted by Crippen LogP contribution is 2.45. The number of nitrogens with one attached hydrogen (secondary N) is 1. The number of carbonyl (C=O) groups is 3. The molecule has 2 aliphatic rings. The fraction of sp³-hybridized carbons (Fsp3) is 0.480. The van der Waals surface area contributed by atoms with Crippen LogP contribution in [0.15, 0.2) is 46.8 Å². The molecule has 1 heterocycles. The molecule has 0 unspecified atom stereocenters. The largest absolute Gasteiger partial charge is 0.497 e. The summed E-state index contributed by atoms with van der Waals surface area (Å²) in [7, 11) is 2.86. The van der Waals surface area contributed by atoms with Crippen molar-refractivity contribution < 1.29 is 28.6 Å². The fourth-order valence-electron chi connectivity index (χ4n) is 4.41. The quantitative estimate of drug-likeness (QED) is 0.532. The van der Waals surface area contributed by atoms with E-state index in [4.69, 9.17) is 14.2 Å². The molecule has 0 spiro atoms. The van der Waals surface area contributed by atoms with E-state index in [1.165, 1.54) is 7.11 Å². The number of esters is 2. The van der Waals surface area contributed by atoms with Crippen LogP contribution in [0.3, 0.4) is 0 Å². The number of benzene rings is 1. The number of methoxy groups -OCH3 is 2. The molecule has 32 heavy (non-hydrogen) atoms. The topological polar surface area (TPSA) is 90.9 Å². The van der Waals surface area contributed by atoms with Crippen molar-refractivity contribution in [2.24, 2.45) is 11.8 Å². The van der Waals surface area contributed by atoms with Gasteiger partial charge in [0.1, 0.15) is 11.7 Å². The first kappa shape index (κ1) is 23.6. The highest BCUT2D eigenvalue weighted by Gasteiger charge is 2.47. The van der Waals surface area contributed by atoms with Crippen LogP contribution in [0.2, 0.25) is 0 Å². The Morgan fingerprint density at radius 1 is 1.19 bits per heavy atom. The van der Waals surface area contributed by atoms with Crippen molar-refractivity contribution in [1.29, 1.82) is 0 Å². The van der Waals surface area contributed by atoms with E-state index >= 15 is 0 Å². The third kappa shape index (κ3) is 4.29. The second-order valence-electron chi connectivity index (χ2n) is 8.43. The molecule has 0 bridgehead atoms. The summed E-state index contributed by atoms with van der Waals surface area (Å²) in [6.07, 6.45) is 0.908. The van der Waals surface area contributed by atoms with Gasteiger partial charge in [-0.3, -0.25) is 9.59 Å². The molecule has 0 saturated heterocycles. The highest BCUT2D eigenvalue weighted by atomic mass is 16.5. The molecule has 0 radical (unpaired) electrons. The Bertz CT molecular complexity index is 975. The van der Waals surface area contributed by atoms with Crippen LogP contribution in [0.4, 0.5) is 0 Å². The van der Waals surface area contributed by atoms with Crippen LogP contribution < -0.4 is 10.1 Å².